The van der Waals surface area contributed by atoms with Crippen LogP contribution in [0.5, 0.6) is 0 Å². The third kappa shape index (κ3) is 5.58. The van der Waals surface area contributed by atoms with E-state index >= 15 is 0 Å². The molecule has 0 spiro atoms. The van der Waals surface area contributed by atoms with Gasteiger partial charge in [0, 0.05) is 0 Å². The van der Waals surface area contributed by atoms with Gasteiger partial charge in [-0.25, -0.2) is 0 Å². The predicted molar refractivity (Wildman–Crippen MR) is 110 cm³/mol. The van der Waals surface area contributed by atoms with Crippen molar-refractivity contribution < 1.29 is 33.8 Å². The maximum absolute atomic E-state index is 8.62. The van der Waals surface area contributed by atoms with Crippen LogP contribution in [-0.4, -0.2) is 13.6 Å². The zero-order chi connectivity index (χ0) is 21.5. The van der Waals surface area contributed by atoms with Gasteiger partial charge in [-0.05, 0) is 0 Å². The molecular weight excluding hydrogens is 554 g/mol. The Morgan fingerprint density at radius 2 is 0.533 bits per heavy atom. The van der Waals surface area contributed by atoms with Crippen molar-refractivity contribution in [2.75, 3.05) is 0 Å². The van der Waals surface area contributed by atoms with Gasteiger partial charge < -0.3 is 0 Å². The van der Waals surface area contributed by atoms with E-state index in [1.807, 2.05) is 0 Å². The molecule has 0 fully saturated rings. The summed E-state index contributed by atoms with van der Waals surface area (Å²) >= 11 is -8.71. The van der Waals surface area contributed by atoms with Crippen molar-refractivity contribution in [1.29, 1.82) is 0 Å². The van der Waals surface area contributed by atoms with Gasteiger partial charge in [0.05, 0.1) is 0 Å². The van der Waals surface area contributed by atoms with Gasteiger partial charge in [-0.1, -0.05) is 0 Å². The molecule has 0 aliphatic heterocycles. The van der Waals surface area contributed by atoms with E-state index < -0.39 is 33.6 Å². The van der Waals surface area contributed by atoms with Gasteiger partial charge in [-0.3, -0.25) is 13.7 Å². The Balaban J connectivity index is 0.000000461. The third-order valence-corrected chi connectivity index (χ3v) is 13.6. The average molecular weight is 574 g/mol. The van der Waals surface area contributed by atoms with Gasteiger partial charge in [0.2, 0.25) is 0 Å². The molecule has 4 aromatic rings. The van der Waals surface area contributed by atoms with Gasteiger partial charge in [-0.15, -0.1) is 0 Å². The van der Waals surface area contributed by atoms with E-state index in [1.54, 1.807) is 0 Å². The normalized spacial score (nSPS) is 11.3. The Kier molecular flexibility index (Phi) is 7.83. The Labute approximate surface area is 185 Å². The Hall–Kier alpha value is -1.99. The van der Waals surface area contributed by atoms with E-state index in [2.05, 4.69) is 121 Å². The van der Waals surface area contributed by atoms with Crippen LogP contribution in [0, 0.1) is 0 Å². The standard InChI is InChI=1S/C24H20As.IO4/c1-5-13-21(14-6-1)25(22-15-7-2-8-16-22,23-17-9-3-10-18-23)24-19-11-4-12-20-24;2-1(3,4)5/h1-20H;/q+1;-1. The maximum atomic E-state index is 8.62. The van der Waals surface area contributed by atoms with Gasteiger partial charge in [0.1, 0.15) is 20.1 Å². The Morgan fingerprint density at radius 3 is 0.700 bits per heavy atom. The number of hydrogen-bond donors (Lipinski definition) is 0. The molecule has 152 valence electrons. The second kappa shape index (κ2) is 10.4. The van der Waals surface area contributed by atoms with Crippen molar-refractivity contribution in [3.63, 3.8) is 0 Å². The first-order valence-electron chi connectivity index (χ1n) is 9.15. The second-order valence-corrected chi connectivity index (χ2v) is 15.7. The summed E-state index contributed by atoms with van der Waals surface area (Å²) in [5.74, 6) is 0. The molecular formula is C24H20AsIO4. The molecule has 4 nitrogen and oxygen atoms in total. The van der Waals surface area contributed by atoms with Crippen LogP contribution in [0.2, 0.25) is 0 Å². The molecule has 0 N–H and O–H groups in total. The minimum atomic E-state index is -5.94. The number of rotatable bonds is 4. The van der Waals surface area contributed by atoms with E-state index in [-0.39, 0.29) is 0 Å². The predicted octanol–water partition coefficient (Wildman–Crippen LogP) is -4.69. The molecule has 0 bridgehead atoms. The molecule has 0 saturated carbocycles. The molecule has 0 atom stereocenters. The summed E-state index contributed by atoms with van der Waals surface area (Å²) in [6.07, 6.45) is 0. The number of halogens is 1. The molecule has 0 unspecified atom stereocenters. The fourth-order valence-electron chi connectivity index (χ4n) is 3.50. The summed E-state index contributed by atoms with van der Waals surface area (Å²) in [6, 6.07) is 44.2. The summed E-state index contributed by atoms with van der Waals surface area (Å²) in [5, 5.41) is 0. The van der Waals surface area contributed by atoms with Crippen LogP contribution in [0.25, 0.3) is 0 Å². The molecule has 4 rings (SSSR count). The number of hydrogen-bond acceptors (Lipinski definition) is 4. The van der Waals surface area contributed by atoms with Gasteiger partial charge >= 0.3 is 152 Å². The van der Waals surface area contributed by atoms with E-state index in [1.165, 1.54) is 17.4 Å². The average Bonchev–Trinajstić information content (AvgIpc) is 2.76. The van der Waals surface area contributed by atoms with Crippen LogP contribution < -0.4 is 51.2 Å². The molecule has 4 aromatic carbocycles. The molecule has 0 aliphatic rings. The molecule has 0 saturated heterocycles. The molecule has 0 heterocycles. The fourth-order valence-corrected chi connectivity index (χ4v) is 12.5. The third-order valence-electron chi connectivity index (χ3n) is 4.57. The summed E-state index contributed by atoms with van der Waals surface area (Å²) in [4.78, 5) is 0. The van der Waals surface area contributed by atoms with E-state index in [0.717, 1.165) is 0 Å². The van der Waals surface area contributed by atoms with Crippen molar-refractivity contribution in [3.8, 4) is 0 Å². The molecule has 0 radical (unpaired) electrons. The molecule has 0 aromatic heterocycles. The Morgan fingerprint density at radius 1 is 0.367 bits per heavy atom. The first-order valence-corrected chi connectivity index (χ1v) is 16.4. The SMILES string of the molecule is [O-][I+3]([O-])([O-])[O-].c1ccc([As+](c2ccccc2)(c2ccccc2)c2ccccc2)cc1. The van der Waals surface area contributed by atoms with Crippen LogP contribution in [0.4, 0.5) is 0 Å². The summed E-state index contributed by atoms with van der Waals surface area (Å²) in [6.45, 7) is 0. The summed E-state index contributed by atoms with van der Waals surface area (Å²) < 4.78 is 40.3. The van der Waals surface area contributed by atoms with Crippen LogP contribution in [0.15, 0.2) is 121 Å². The summed E-state index contributed by atoms with van der Waals surface area (Å²) in [7, 11) is 0. The van der Waals surface area contributed by atoms with Crippen LogP contribution in [0.3, 0.4) is 0 Å². The monoisotopic (exact) mass is 574 g/mol. The Bertz CT molecular complexity index is 855. The number of benzene rings is 4. The van der Waals surface area contributed by atoms with Gasteiger partial charge in [-0.2, -0.15) is 0 Å². The first kappa shape index (κ1) is 22.7. The molecule has 6 heteroatoms. The summed E-state index contributed by atoms with van der Waals surface area (Å²) in [5.41, 5.74) is 0. The van der Waals surface area contributed by atoms with Gasteiger partial charge in [0.15, 0.2) is 0 Å². The fraction of sp³-hybridized carbons (Fsp3) is 0. The van der Waals surface area contributed by atoms with Crippen molar-refractivity contribution in [3.05, 3.63) is 121 Å². The van der Waals surface area contributed by atoms with Crippen LogP contribution in [-0.2, 0) is 0 Å². The molecule has 0 amide bonds. The topological polar surface area (TPSA) is 92.2 Å². The molecule has 30 heavy (non-hydrogen) atoms. The van der Waals surface area contributed by atoms with Crippen molar-refractivity contribution in [1.82, 2.24) is 0 Å². The van der Waals surface area contributed by atoms with E-state index in [4.69, 9.17) is 13.7 Å². The van der Waals surface area contributed by atoms with E-state index in [9.17, 15) is 0 Å². The van der Waals surface area contributed by atoms with Crippen molar-refractivity contribution in [2.45, 2.75) is 0 Å². The first-order chi connectivity index (χ1) is 14.4. The van der Waals surface area contributed by atoms with Crippen molar-refractivity contribution >= 4 is 31.0 Å². The van der Waals surface area contributed by atoms with Gasteiger partial charge in [0.25, 0.3) is 0 Å². The van der Waals surface area contributed by atoms with Crippen LogP contribution in [0.1, 0.15) is 0 Å². The molecule has 0 aliphatic carbocycles. The quantitative estimate of drug-likeness (QED) is 0.181. The zero-order valence-electron chi connectivity index (χ0n) is 16.0. The minimum absolute atomic E-state index is 1.45. The zero-order valence-corrected chi connectivity index (χ0v) is 20.0. The second-order valence-electron chi connectivity index (χ2n) is 6.39. The van der Waals surface area contributed by atoms with Crippen LogP contribution >= 0.6 is 0 Å². The van der Waals surface area contributed by atoms with Crippen molar-refractivity contribution in [2.24, 2.45) is 0 Å². The van der Waals surface area contributed by atoms with E-state index in [0.29, 0.717) is 0 Å².